The first-order valence-electron chi connectivity index (χ1n) is 6.81. The van der Waals surface area contributed by atoms with E-state index >= 15 is 0 Å². The van der Waals surface area contributed by atoms with Crippen LogP contribution in [0.1, 0.15) is 50.4 Å². The molecule has 0 bridgehead atoms. The molecule has 0 aliphatic rings. The molecule has 0 saturated heterocycles. The second kappa shape index (κ2) is 7.56. The van der Waals surface area contributed by atoms with Crippen molar-refractivity contribution in [3.8, 4) is 0 Å². The molecule has 1 rings (SSSR count). The van der Waals surface area contributed by atoms with Crippen molar-refractivity contribution in [2.75, 3.05) is 5.32 Å². The van der Waals surface area contributed by atoms with E-state index in [9.17, 15) is 9.59 Å². The number of anilines is 1. The molecule has 0 spiro atoms. The Morgan fingerprint density at radius 1 is 1.05 bits per heavy atom. The highest BCUT2D eigenvalue weighted by molar-refractivity contribution is 5.95. The standard InChI is InChI=1S/C15H22N2O2/c1-4-12(5-2)17-15(19)11-7-9-13(10-8-11)16-14(18)6-3/h7-10,12H,4-6H2,1-3H3,(H,16,18)(H,17,19). The molecule has 19 heavy (non-hydrogen) atoms. The van der Waals surface area contributed by atoms with Crippen LogP contribution in [0.2, 0.25) is 0 Å². The molecule has 0 radical (unpaired) electrons. The van der Waals surface area contributed by atoms with Crippen LogP contribution in [-0.2, 0) is 4.79 Å². The first-order chi connectivity index (χ1) is 9.10. The third kappa shape index (κ3) is 4.73. The van der Waals surface area contributed by atoms with Crippen molar-refractivity contribution >= 4 is 17.5 Å². The van der Waals surface area contributed by atoms with Gasteiger partial charge in [-0.1, -0.05) is 20.8 Å². The van der Waals surface area contributed by atoms with Crippen molar-refractivity contribution in [3.63, 3.8) is 0 Å². The zero-order valence-corrected chi connectivity index (χ0v) is 11.8. The van der Waals surface area contributed by atoms with Crippen molar-refractivity contribution in [1.82, 2.24) is 5.32 Å². The number of hydrogen-bond acceptors (Lipinski definition) is 2. The van der Waals surface area contributed by atoms with E-state index in [4.69, 9.17) is 0 Å². The van der Waals surface area contributed by atoms with Gasteiger partial charge < -0.3 is 10.6 Å². The van der Waals surface area contributed by atoms with Crippen molar-refractivity contribution in [2.24, 2.45) is 0 Å². The number of amides is 2. The van der Waals surface area contributed by atoms with Crippen molar-refractivity contribution in [1.29, 1.82) is 0 Å². The molecule has 0 aliphatic carbocycles. The van der Waals surface area contributed by atoms with E-state index in [1.165, 1.54) is 0 Å². The van der Waals surface area contributed by atoms with Gasteiger partial charge in [0, 0.05) is 23.7 Å². The Balaban J connectivity index is 2.65. The van der Waals surface area contributed by atoms with Gasteiger partial charge in [-0.15, -0.1) is 0 Å². The van der Waals surface area contributed by atoms with Gasteiger partial charge in [0.25, 0.3) is 5.91 Å². The lowest BCUT2D eigenvalue weighted by atomic mass is 10.1. The Labute approximate surface area is 114 Å². The minimum absolute atomic E-state index is 0.0331. The van der Waals surface area contributed by atoms with Gasteiger partial charge in [0.1, 0.15) is 0 Å². The van der Waals surface area contributed by atoms with Crippen LogP contribution in [0.3, 0.4) is 0 Å². The molecule has 4 heteroatoms. The van der Waals surface area contributed by atoms with Gasteiger partial charge in [0.2, 0.25) is 5.91 Å². The van der Waals surface area contributed by atoms with E-state index in [1.54, 1.807) is 31.2 Å². The minimum Gasteiger partial charge on any atom is -0.349 e. The highest BCUT2D eigenvalue weighted by Crippen LogP contribution is 2.10. The molecule has 0 saturated carbocycles. The van der Waals surface area contributed by atoms with Gasteiger partial charge in [0.15, 0.2) is 0 Å². The molecule has 4 nitrogen and oxygen atoms in total. The Kier molecular flexibility index (Phi) is 6.06. The topological polar surface area (TPSA) is 58.2 Å². The summed E-state index contributed by atoms with van der Waals surface area (Å²) in [7, 11) is 0. The predicted molar refractivity (Wildman–Crippen MR) is 77.2 cm³/mol. The zero-order valence-electron chi connectivity index (χ0n) is 11.8. The van der Waals surface area contributed by atoms with Gasteiger partial charge in [0.05, 0.1) is 0 Å². The van der Waals surface area contributed by atoms with Crippen LogP contribution in [0.5, 0.6) is 0 Å². The maximum atomic E-state index is 12.0. The van der Waals surface area contributed by atoms with Gasteiger partial charge in [-0.25, -0.2) is 0 Å². The molecule has 0 atom stereocenters. The SMILES string of the molecule is CCC(=O)Nc1ccc(C(=O)NC(CC)CC)cc1. The van der Waals surface area contributed by atoms with E-state index in [2.05, 4.69) is 24.5 Å². The average Bonchev–Trinajstić information content (AvgIpc) is 2.45. The first kappa shape index (κ1) is 15.2. The average molecular weight is 262 g/mol. The lowest BCUT2D eigenvalue weighted by molar-refractivity contribution is -0.115. The van der Waals surface area contributed by atoms with E-state index in [0.29, 0.717) is 17.7 Å². The fourth-order valence-electron chi connectivity index (χ4n) is 1.72. The molecular formula is C15H22N2O2. The summed E-state index contributed by atoms with van der Waals surface area (Å²) in [5, 5.41) is 5.73. The van der Waals surface area contributed by atoms with Gasteiger partial charge in [-0.3, -0.25) is 9.59 Å². The summed E-state index contributed by atoms with van der Waals surface area (Å²) < 4.78 is 0. The maximum absolute atomic E-state index is 12.0. The second-order valence-corrected chi connectivity index (χ2v) is 4.47. The molecule has 2 amide bonds. The number of benzene rings is 1. The molecule has 0 unspecified atom stereocenters. The molecular weight excluding hydrogens is 240 g/mol. The van der Waals surface area contributed by atoms with Gasteiger partial charge in [-0.2, -0.15) is 0 Å². The van der Waals surface area contributed by atoms with Crippen LogP contribution in [0.4, 0.5) is 5.69 Å². The highest BCUT2D eigenvalue weighted by atomic mass is 16.2. The summed E-state index contributed by atoms with van der Waals surface area (Å²) in [6, 6.07) is 7.16. The van der Waals surface area contributed by atoms with Gasteiger partial charge >= 0.3 is 0 Å². The fraction of sp³-hybridized carbons (Fsp3) is 0.467. The van der Waals surface area contributed by atoms with Crippen LogP contribution >= 0.6 is 0 Å². The number of rotatable bonds is 6. The van der Waals surface area contributed by atoms with Gasteiger partial charge in [-0.05, 0) is 37.1 Å². The van der Waals surface area contributed by atoms with Crippen LogP contribution in [0.15, 0.2) is 24.3 Å². The van der Waals surface area contributed by atoms with E-state index in [-0.39, 0.29) is 17.9 Å². The normalized spacial score (nSPS) is 10.3. The largest absolute Gasteiger partial charge is 0.349 e. The molecule has 0 aromatic heterocycles. The smallest absolute Gasteiger partial charge is 0.251 e. The Morgan fingerprint density at radius 2 is 1.63 bits per heavy atom. The van der Waals surface area contributed by atoms with Crippen LogP contribution in [0.25, 0.3) is 0 Å². The summed E-state index contributed by atoms with van der Waals surface area (Å²) in [5.41, 5.74) is 1.33. The Morgan fingerprint density at radius 3 is 2.11 bits per heavy atom. The summed E-state index contributed by atoms with van der Waals surface area (Å²) in [6.45, 7) is 5.91. The number of carbonyl (C=O) groups excluding carboxylic acids is 2. The summed E-state index contributed by atoms with van der Waals surface area (Å²) >= 11 is 0. The summed E-state index contributed by atoms with van der Waals surface area (Å²) in [4.78, 5) is 23.2. The predicted octanol–water partition coefficient (Wildman–Crippen LogP) is 2.95. The van der Waals surface area contributed by atoms with E-state index < -0.39 is 0 Å². The number of hydrogen-bond donors (Lipinski definition) is 2. The van der Waals surface area contributed by atoms with Crippen molar-refractivity contribution < 1.29 is 9.59 Å². The van der Waals surface area contributed by atoms with E-state index in [0.717, 1.165) is 12.8 Å². The monoisotopic (exact) mass is 262 g/mol. The molecule has 1 aromatic carbocycles. The van der Waals surface area contributed by atoms with Crippen molar-refractivity contribution in [2.45, 2.75) is 46.1 Å². The highest BCUT2D eigenvalue weighted by Gasteiger charge is 2.10. The molecule has 104 valence electrons. The van der Waals surface area contributed by atoms with Crippen LogP contribution < -0.4 is 10.6 Å². The zero-order chi connectivity index (χ0) is 14.3. The fourth-order valence-corrected chi connectivity index (χ4v) is 1.72. The molecule has 2 N–H and O–H groups in total. The molecule has 0 heterocycles. The first-order valence-corrected chi connectivity index (χ1v) is 6.81. The number of carbonyl (C=O) groups is 2. The van der Waals surface area contributed by atoms with Crippen molar-refractivity contribution in [3.05, 3.63) is 29.8 Å². The molecule has 0 aliphatic heterocycles. The van der Waals surface area contributed by atoms with E-state index in [1.807, 2.05) is 0 Å². The second-order valence-electron chi connectivity index (χ2n) is 4.47. The summed E-state index contributed by atoms with van der Waals surface area (Å²) in [5.74, 6) is -0.101. The lowest BCUT2D eigenvalue weighted by Gasteiger charge is -2.14. The summed E-state index contributed by atoms with van der Waals surface area (Å²) in [6.07, 6.45) is 2.29. The maximum Gasteiger partial charge on any atom is 0.251 e. The molecule has 1 aromatic rings. The molecule has 0 fully saturated rings. The van der Waals surface area contributed by atoms with Crippen LogP contribution in [0, 0.1) is 0 Å². The Hall–Kier alpha value is -1.84. The third-order valence-electron chi connectivity index (χ3n) is 3.07. The quantitative estimate of drug-likeness (QED) is 0.828. The minimum atomic E-state index is -0.0675. The third-order valence-corrected chi connectivity index (χ3v) is 3.07. The number of nitrogens with one attached hydrogen (secondary N) is 2. The Bertz CT molecular complexity index is 422. The van der Waals surface area contributed by atoms with Crippen LogP contribution in [-0.4, -0.2) is 17.9 Å². The lowest BCUT2D eigenvalue weighted by Crippen LogP contribution is -2.33.